The van der Waals surface area contributed by atoms with Crippen molar-refractivity contribution in [1.29, 1.82) is 0 Å². The quantitative estimate of drug-likeness (QED) is 0.738. The maximum atomic E-state index is 6.12. The molecule has 3 nitrogen and oxygen atoms in total. The van der Waals surface area contributed by atoms with Crippen molar-refractivity contribution < 1.29 is 0 Å². The SMILES string of the molecule is Cc1ccc(C)c(-n2cc(N)c(-c3cc(Br)cs3)n2)c1. The van der Waals surface area contributed by atoms with Crippen LogP contribution in [-0.2, 0) is 0 Å². The van der Waals surface area contributed by atoms with Gasteiger partial charge in [0.05, 0.1) is 22.4 Å². The maximum Gasteiger partial charge on any atom is 0.126 e. The molecule has 0 radical (unpaired) electrons. The molecule has 0 aliphatic rings. The first-order valence-corrected chi connectivity index (χ1v) is 7.89. The minimum absolute atomic E-state index is 0.695. The van der Waals surface area contributed by atoms with Crippen LogP contribution in [0.4, 0.5) is 5.69 Å². The second-order valence-electron chi connectivity index (χ2n) is 4.80. The summed E-state index contributed by atoms with van der Waals surface area (Å²) >= 11 is 5.09. The van der Waals surface area contributed by atoms with Gasteiger partial charge < -0.3 is 5.73 Å². The Morgan fingerprint density at radius 2 is 2.05 bits per heavy atom. The van der Waals surface area contributed by atoms with Gasteiger partial charge in [0, 0.05) is 9.85 Å². The summed E-state index contributed by atoms with van der Waals surface area (Å²) < 4.78 is 2.92. The summed E-state index contributed by atoms with van der Waals surface area (Å²) in [5, 5.41) is 6.68. The Hall–Kier alpha value is -1.59. The van der Waals surface area contributed by atoms with Gasteiger partial charge in [-0.05, 0) is 53.0 Å². The molecule has 3 aromatic rings. The number of nitrogens with zero attached hydrogens (tertiary/aromatic N) is 2. The summed E-state index contributed by atoms with van der Waals surface area (Å²) in [7, 11) is 0. The van der Waals surface area contributed by atoms with Crippen molar-refractivity contribution in [3.05, 3.63) is 51.4 Å². The van der Waals surface area contributed by atoms with Crippen LogP contribution in [0, 0.1) is 13.8 Å². The van der Waals surface area contributed by atoms with Gasteiger partial charge in [0.2, 0.25) is 0 Å². The van der Waals surface area contributed by atoms with Crippen molar-refractivity contribution in [2.75, 3.05) is 5.73 Å². The van der Waals surface area contributed by atoms with E-state index in [-0.39, 0.29) is 0 Å². The topological polar surface area (TPSA) is 43.8 Å². The Morgan fingerprint density at radius 1 is 1.25 bits per heavy atom. The molecular formula is C15H14BrN3S. The average Bonchev–Trinajstić information content (AvgIpc) is 2.98. The number of thiophene rings is 1. The monoisotopic (exact) mass is 347 g/mol. The highest BCUT2D eigenvalue weighted by molar-refractivity contribution is 9.10. The van der Waals surface area contributed by atoms with E-state index in [4.69, 9.17) is 5.73 Å². The largest absolute Gasteiger partial charge is 0.396 e. The van der Waals surface area contributed by atoms with E-state index in [1.165, 1.54) is 11.1 Å². The lowest BCUT2D eigenvalue weighted by atomic mass is 10.1. The maximum absolute atomic E-state index is 6.12. The van der Waals surface area contributed by atoms with Crippen molar-refractivity contribution in [1.82, 2.24) is 9.78 Å². The second-order valence-corrected chi connectivity index (χ2v) is 6.62. The molecule has 0 aliphatic carbocycles. The van der Waals surface area contributed by atoms with Crippen LogP contribution in [0.3, 0.4) is 0 Å². The number of anilines is 1. The van der Waals surface area contributed by atoms with Crippen LogP contribution in [0.1, 0.15) is 11.1 Å². The van der Waals surface area contributed by atoms with Gasteiger partial charge in [-0.25, -0.2) is 4.68 Å². The highest BCUT2D eigenvalue weighted by atomic mass is 79.9. The summed E-state index contributed by atoms with van der Waals surface area (Å²) in [6.45, 7) is 4.15. The predicted molar refractivity (Wildman–Crippen MR) is 88.5 cm³/mol. The zero-order valence-corrected chi connectivity index (χ0v) is 13.6. The fourth-order valence-corrected chi connectivity index (χ4v) is 3.54. The van der Waals surface area contributed by atoms with E-state index in [1.807, 2.05) is 22.3 Å². The van der Waals surface area contributed by atoms with Crippen molar-refractivity contribution in [2.24, 2.45) is 0 Å². The Kier molecular flexibility index (Phi) is 3.40. The van der Waals surface area contributed by atoms with Crippen LogP contribution in [0.2, 0.25) is 0 Å². The van der Waals surface area contributed by atoms with Gasteiger partial charge in [-0.2, -0.15) is 5.10 Å². The zero-order valence-electron chi connectivity index (χ0n) is 11.2. The first-order valence-electron chi connectivity index (χ1n) is 6.22. The minimum atomic E-state index is 0.695. The van der Waals surface area contributed by atoms with E-state index in [2.05, 4.69) is 53.1 Å². The van der Waals surface area contributed by atoms with Crippen molar-refractivity contribution >= 4 is 33.0 Å². The van der Waals surface area contributed by atoms with Crippen LogP contribution in [-0.4, -0.2) is 9.78 Å². The van der Waals surface area contributed by atoms with E-state index in [1.54, 1.807) is 11.3 Å². The van der Waals surface area contributed by atoms with E-state index >= 15 is 0 Å². The average molecular weight is 348 g/mol. The van der Waals surface area contributed by atoms with Gasteiger partial charge in [0.25, 0.3) is 0 Å². The molecule has 5 heteroatoms. The van der Waals surface area contributed by atoms with E-state index in [9.17, 15) is 0 Å². The third kappa shape index (κ3) is 2.39. The molecule has 0 spiro atoms. The smallest absolute Gasteiger partial charge is 0.126 e. The number of hydrogen-bond donors (Lipinski definition) is 1. The predicted octanol–water partition coefficient (Wildman–Crippen LogP) is 4.56. The number of rotatable bonds is 2. The van der Waals surface area contributed by atoms with Gasteiger partial charge in [-0.1, -0.05) is 12.1 Å². The van der Waals surface area contributed by atoms with Gasteiger partial charge in [-0.3, -0.25) is 0 Å². The summed E-state index contributed by atoms with van der Waals surface area (Å²) in [4.78, 5) is 1.07. The highest BCUT2D eigenvalue weighted by Gasteiger charge is 2.12. The number of benzene rings is 1. The Labute approximate surface area is 130 Å². The summed E-state index contributed by atoms with van der Waals surface area (Å²) in [5.74, 6) is 0. The van der Waals surface area contributed by atoms with Gasteiger partial charge >= 0.3 is 0 Å². The molecule has 1 aromatic carbocycles. The first-order chi connectivity index (χ1) is 9.54. The molecular weight excluding hydrogens is 334 g/mol. The third-order valence-electron chi connectivity index (χ3n) is 3.15. The Morgan fingerprint density at radius 3 is 2.75 bits per heavy atom. The molecule has 102 valence electrons. The molecule has 0 saturated carbocycles. The molecule has 0 saturated heterocycles. The molecule has 2 aromatic heterocycles. The lowest BCUT2D eigenvalue weighted by Gasteiger charge is -2.06. The van der Waals surface area contributed by atoms with Gasteiger partial charge in [0.1, 0.15) is 5.69 Å². The fraction of sp³-hybridized carbons (Fsp3) is 0.133. The summed E-state index contributed by atoms with van der Waals surface area (Å²) in [5.41, 5.74) is 11.1. The number of nitrogen functional groups attached to an aromatic ring is 1. The minimum Gasteiger partial charge on any atom is -0.396 e. The normalized spacial score (nSPS) is 10.9. The second kappa shape index (κ2) is 5.07. The number of aryl methyl sites for hydroxylation is 2. The number of aromatic nitrogens is 2. The molecule has 0 bridgehead atoms. The van der Waals surface area contributed by atoms with Crippen LogP contribution in [0.5, 0.6) is 0 Å². The zero-order chi connectivity index (χ0) is 14.3. The molecule has 0 aliphatic heterocycles. The standard InChI is InChI=1S/C15H14BrN3S/c1-9-3-4-10(2)13(5-9)19-7-12(17)15(18-19)14-6-11(16)8-20-14/h3-8H,17H2,1-2H3. The highest BCUT2D eigenvalue weighted by Crippen LogP contribution is 2.33. The van der Waals surface area contributed by atoms with Crippen LogP contribution < -0.4 is 5.73 Å². The summed E-state index contributed by atoms with van der Waals surface area (Å²) in [6, 6.07) is 8.36. The molecule has 2 N–H and O–H groups in total. The molecule has 2 heterocycles. The lowest BCUT2D eigenvalue weighted by Crippen LogP contribution is -1.98. The molecule has 0 unspecified atom stereocenters. The molecule has 0 amide bonds. The Bertz CT molecular complexity index is 773. The summed E-state index contributed by atoms with van der Waals surface area (Å²) in [6.07, 6.45) is 1.88. The molecule has 0 atom stereocenters. The van der Waals surface area contributed by atoms with E-state index < -0.39 is 0 Å². The Balaban J connectivity index is 2.11. The first kappa shape index (κ1) is 13.4. The van der Waals surface area contributed by atoms with Gasteiger partial charge in [-0.15, -0.1) is 11.3 Å². The van der Waals surface area contributed by atoms with Crippen molar-refractivity contribution in [2.45, 2.75) is 13.8 Å². The third-order valence-corrected chi connectivity index (χ3v) is 4.85. The fourth-order valence-electron chi connectivity index (χ4n) is 2.11. The van der Waals surface area contributed by atoms with Crippen LogP contribution >= 0.6 is 27.3 Å². The van der Waals surface area contributed by atoms with Gasteiger partial charge in [0.15, 0.2) is 0 Å². The van der Waals surface area contributed by atoms with Crippen LogP contribution in [0.15, 0.2) is 40.3 Å². The number of nitrogens with two attached hydrogens (primary N) is 1. The van der Waals surface area contributed by atoms with E-state index in [0.717, 1.165) is 20.7 Å². The van der Waals surface area contributed by atoms with E-state index in [0.29, 0.717) is 5.69 Å². The molecule has 0 fully saturated rings. The molecule has 20 heavy (non-hydrogen) atoms. The molecule has 3 rings (SSSR count). The number of hydrogen-bond acceptors (Lipinski definition) is 3. The number of halogens is 1. The van der Waals surface area contributed by atoms with Crippen molar-refractivity contribution in [3.8, 4) is 16.3 Å². The van der Waals surface area contributed by atoms with Crippen LogP contribution in [0.25, 0.3) is 16.3 Å². The lowest BCUT2D eigenvalue weighted by molar-refractivity contribution is 0.876. The van der Waals surface area contributed by atoms with Crippen molar-refractivity contribution in [3.63, 3.8) is 0 Å².